The first-order chi connectivity index (χ1) is 10.2. The fourth-order valence-corrected chi connectivity index (χ4v) is 1.93. The van der Waals surface area contributed by atoms with Gasteiger partial charge < -0.3 is 15.0 Å². The van der Waals surface area contributed by atoms with Crippen LogP contribution in [0.25, 0.3) is 11.3 Å². The minimum absolute atomic E-state index is 0.219. The maximum Gasteiger partial charge on any atom is 0.256 e. The number of halogens is 1. The molecule has 0 radical (unpaired) electrons. The Morgan fingerprint density at radius 2 is 2.29 bits per heavy atom. The lowest BCUT2D eigenvalue weighted by Crippen LogP contribution is -2.00. The van der Waals surface area contributed by atoms with Crippen LogP contribution in [-0.4, -0.2) is 31.8 Å². The third-order valence-corrected chi connectivity index (χ3v) is 2.85. The topological polar surface area (TPSA) is 80.6 Å². The summed E-state index contributed by atoms with van der Waals surface area (Å²) in [5, 5.41) is 7.08. The second kappa shape index (κ2) is 5.23. The highest BCUT2D eigenvalue weighted by molar-refractivity contribution is 5.63. The molecule has 7 nitrogen and oxygen atoms in total. The van der Waals surface area contributed by atoms with Crippen molar-refractivity contribution in [1.29, 1.82) is 0 Å². The van der Waals surface area contributed by atoms with E-state index in [1.165, 1.54) is 7.11 Å². The molecule has 0 saturated carbocycles. The van der Waals surface area contributed by atoms with Gasteiger partial charge in [0, 0.05) is 25.0 Å². The molecule has 0 saturated heterocycles. The highest BCUT2D eigenvalue weighted by atomic mass is 19.1. The van der Waals surface area contributed by atoms with Gasteiger partial charge in [-0.3, -0.25) is 4.68 Å². The van der Waals surface area contributed by atoms with Gasteiger partial charge in [-0.2, -0.15) is 0 Å². The van der Waals surface area contributed by atoms with Crippen LogP contribution in [0.15, 0.2) is 30.9 Å². The molecule has 3 aromatic heterocycles. The lowest BCUT2D eigenvalue weighted by Gasteiger charge is -2.06. The third kappa shape index (κ3) is 2.55. The van der Waals surface area contributed by atoms with Gasteiger partial charge in [0.05, 0.1) is 19.5 Å². The summed E-state index contributed by atoms with van der Waals surface area (Å²) in [6.07, 6.45) is 6.22. The fourth-order valence-electron chi connectivity index (χ4n) is 1.93. The van der Waals surface area contributed by atoms with E-state index < -0.39 is 5.82 Å². The molecular formula is C13H13FN6O. The normalized spacial score (nSPS) is 10.6. The second-order valence-corrected chi connectivity index (χ2v) is 4.34. The van der Waals surface area contributed by atoms with E-state index in [0.717, 1.165) is 6.20 Å². The van der Waals surface area contributed by atoms with Crippen LogP contribution in [0.1, 0.15) is 0 Å². The number of rotatable bonds is 4. The van der Waals surface area contributed by atoms with Crippen LogP contribution in [0.3, 0.4) is 0 Å². The number of aromatic amines is 1. The van der Waals surface area contributed by atoms with E-state index >= 15 is 0 Å². The number of methoxy groups -OCH3 is 1. The molecule has 0 aliphatic heterocycles. The van der Waals surface area contributed by atoms with E-state index in [9.17, 15) is 4.39 Å². The van der Waals surface area contributed by atoms with Crippen molar-refractivity contribution in [2.45, 2.75) is 0 Å². The van der Waals surface area contributed by atoms with E-state index in [1.54, 1.807) is 36.4 Å². The zero-order valence-corrected chi connectivity index (χ0v) is 11.5. The number of nitrogens with zero attached hydrogens (tertiary/aromatic N) is 4. The van der Waals surface area contributed by atoms with Crippen molar-refractivity contribution in [3.05, 3.63) is 36.7 Å². The van der Waals surface area contributed by atoms with Crippen LogP contribution in [0.5, 0.6) is 5.88 Å². The average molecular weight is 288 g/mol. The van der Waals surface area contributed by atoms with E-state index in [4.69, 9.17) is 4.74 Å². The number of hydrogen-bond donors (Lipinski definition) is 2. The predicted octanol–water partition coefficient (Wildman–Crippen LogP) is 2.10. The molecular weight excluding hydrogens is 275 g/mol. The highest BCUT2D eigenvalue weighted by Gasteiger charge is 2.13. The molecule has 0 spiro atoms. The van der Waals surface area contributed by atoms with Gasteiger partial charge in [0.25, 0.3) is 5.88 Å². The van der Waals surface area contributed by atoms with Crippen molar-refractivity contribution in [3.8, 4) is 17.1 Å². The van der Waals surface area contributed by atoms with Crippen LogP contribution in [0.2, 0.25) is 0 Å². The van der Waals surface area contributed by atoms with E-state index in [0.29, 0.717) is 17.1 Å². The molecule has 0 fully saturated rings. The van der Waals surface area contributed by atoms with Crippen molar-refractivity contribution in [2.75, 3.05) is 12.4 Å². The third-order valence-electron chi connectivity index (χ3n) is 2.85. The van der Waals surface area contributed by atoms with E-state index in [1.807, 2.05) is 0 Å². The first-order valence-electron chi connectivity index (χ1n) is 6.17. The predicted molar refractivity (Wildman–Crippen MR) is 74.8 cm³/mol. The molecule has 8 heteroatoms. The Bertz CT molecular complexity index is 752. The summed E-state index contributed by atoms with van der Waals surface area (Å²) in [4.78, 5) is 11.0. The molecule has 0 aliphatic carbocycles. The molecule has 108 valence electrons. The summed E-state index contributed by atoms with van der Waals surface area (Å²) in [6.45, 7) is 0. The highest BCUT2D eigenvalue weighted by Crippen LogP contribution is 2.26. The van der Waals surface area contributed by atoms with Gasteiger partial charge in [0.1, 0.15) is 11.4 Å². The number of H-pyrrole nitrogens is 1. The summed E-state index contributed by atoms with van der Waals surface area (Å²) in [5.74, 6) is 0.186. The molecule has 3 heterocycles. The van der Waals surface area contributed by atoms with Crippen LogP contribution in [-0.2, 0) is 7.05 Å². The van der Waals surface area contributed by atoms with Crippen molar-refractivity contribution in [1.82, 2.24) is 24.7 Å². The molecule has 0 amide bonds. The van der Waals surface area contributed by atoms with E-state index in [-0.39, 0.29) is 11.6 Å². The lowest BCUT2D eigenvalue weighted by atomic mass is 10.2. The lowest BCUT2D eigenvalue weighted by molar-refractivity contribution is 0.393. The molecule has 21 heavy (non-hydrogen) atoms. The van der Waals surface area contributed by atoms with Gasteiger partial charge in [-0.1, -0.05) is 0 Å². The standard InChI is InChI=1S/C13H13FN6O/c1-20-7-10(12(19-20)21-2)17-13-16-6-9(14)11(18-13)8-3-4-15-5-8/h3-7,15H,1-2H3,(H,16,17,18). The van der Waals surface area contributed by atoms with Gasteiger partial charge in [-0.05, 0) is 6.07 Å². The fraction of sp³-hybridized carbons (Fsp3) is 0.154. The van der Waals surface area contributed by atoms with Crippen LogP contribution in [0, 0.1) is 5.82 Å². The maximum absolute atomic E-state index is 13.8. The summed E-state index contributed by atoms with van der Waals surface area (Å²) in [5.41, 5.74) is 1.47. The van der Waals surface area contributed by atoms with E-state index in [2.05, 4.69) is 25.4 Å². The van der Waals surface area contributed by atoms with Crippen molar-refractivity contribution in [3.63, 3.8) is 0 Å². The molecule has 3 aromatic rings. The van der Waals surface area contributed by atoms with Crippen molar-refractivity contribution >= 4 is 11.6 Å². The Morgan fingerprint density at radius 1 is 1.43 bits per heavy atom. The van der Waals surface area contributed by atoms with Crippen LogP contribution in [0.4, 0.5) is 16.0 Å². The zero-order chi connectivity index (χ0) is 14.8. The SMILES string of the molecule is COc1nn(C)cc1Nc1ncc(F)c(-c2cc[nH]c2)n1. The molecule has 0 atom stereocenters. The Balaban J connectivity index is 1.95. The number of hydrogen-bond acceptors (Lipinski definition) is 5. The Morgan fingerprint density at radius 3 is 3.00 bits per heavy atom. The van der Waals surface area contributed by atoms with Crippen LogP contribution >= 0.6 is 0 Å². The van der Waals surface area contributed by atoms with Gasteiger partial charge in [0.2, 0.25) is 5.95 Å². The van der Waals surface area contributed by atoms with Gasteiger partial charge >= 0.3 is 0 Å². The summed E-state index contributed by atoms with van der Waals surface area (Å²) in [7, 11) is 3.29. The first kappa shape index (κ1) is 13.1. The van der Waals surface area contributed by atoms with Gasteiger partial charge in [-0.25, -0.2) is 14.4 Å². The number of aromatic nitrogens is 5. The monoisotopic (exact) mass is 288 g/mol. The summed E-state index contributed by atoms with van der Waals surface area (Å²) in [6, 6.07) is 1.74. The molecule has 2 N–H and O–H groups in total. The molecule has 3 rings (SSSR count). The second-order valence-electron chi connectivity index (χ2n) is 4.34. The molecule has 0 unspecified atom stereocenters. The maximum atomic E-state index is 13.8. The Labute approximate surface area is 119 Å². The minimum Gasteiger partial charge on any atom is -0.478 e. The average Bonchev–Trinajstić information content (AvgIpc) is 3.10. The number of anilines is 2. The van der Waals surface area contributed by atoms with Gasteiger partial charge in [0.15, 0.2) is 5.82 Å². The number of aryl methyl sites for hydroxylation is 1. The Hall–Kier alpha value is -2.90. The molecule has 0 bridgehead atoms. The van der Waals surface area contributed by atoms with Crippen LogP contribution < -0.4 is 10.1 Å². The minimum atomic E-state index is -0.488. The number of nitrogens with one attached hydrogen (secondary N) is 2. The van der Waals surface area contributed by atoms with Gasteiger partial charge in [-0.15, -0.1) is 5.10 Å². The zero-order valence-electron chi connectivity index (χ0n) is 11.5. The smallest absolute Gasteiger partial charge is 0.256 e. The summed E-state index contributed by atoms with van der Waals surface area (Å²) >= 11 is 0. The molecule has 0 aromatic carbocycles. The quantitative estimate of drug-likeness (QED) is 0.768. The van der Waals surface area contributed by atoms with Crippen molar-refractivity contribution < 1.29 is 9.13 Å². The first-order valence-corrected chi connectivity index (χ1v) is 6.17. The largest absolute Gasteiger partial charge is 0.478 e. The number of ether oxygens (including phenoxy) is 1. The van der Waals surface area contributed by atoms with Crippen molar-refractivity contribution in [2.24, 2.45) is 7.05 Å². The molecule has 0 aliphatic rings. The Kier molecular flexibility index (Phi) is 3.27. The summed E-state index contributed by atoms with van der Waals surface area (Å²) < 4.78 is 20.5.